The topological polar surface area (TPSA) is 61.4 Å². The van der Waals surface area contributed by atoms with Gasteiger partial charge in [0.1, 0.15) is 5.03 Å². The monoisotopic (exact) mass is 405 g/mol. The lowest BCUT2D eigenvalue weighted by molar-refractivity contribution is -0.113. The van der Waals surface area contributed by atoms with E-state index in [4.69, 9.17) is 0 Å². The number of carbonyl (C=O) groups excluding carboxylic acids is 1. The van der Waals surface area contributed by atoms with Gasteiger partial charge in [0, 0.05) is 37.6 Å². The minimum Gasteiger partial charge on any atom is -0.368 e. The van der Waals surface area contributed by atoms with Crippen molar-refractivity contribution in [2.75, 3.05) is 47.0 Å². The van der Waals surface area contributed by atoms with Crippen LogP contribution in [-0.4, -0.2) is 48.0 Å². The molecule has 1 N–H and O–H groups in total. The van der Waals surface area contributed by atoms with Crippen LogP contribution < -0.4 is 15.1 Å². The first-order chi connectivity index (χ1) is 14.3. The molecule has 0 atom stereocenters. The Labute approximate surface area is 174 Å². The van der Waals surface area contributed by atoms with E-state index in [0.717, 1.165) is 42.7 Å². The molecule has 0 radical (unpaired) electrons. The van der Waals surface area contributed by atoms with Crippen LogP contribution in [0, 0.1) is 0 Å². The van der Waals surface area contributed by atoms with Crippen molar-refractivity contribution in [1.82, 2.24) is 10.2 Å². The second-order valence-electron chi connectivity index (χ2n) is 6.74. The summed E-state index contributed by atoms with van der Waals surface area (Å²) in [5.41, 5.74) is 2.06. The maximum absolute atomic E-state index is 12.1. The van der Waals surface area contributed by atoms with Crippen LogP contribution in [0.2, 0.25) is 0 Å². The molecule has 0 aliphatic carbocycles. The normalized spacial score (nSPS) is 13.9. The zero-order chi connectivity index (χ0) is 19.9. The van der Waals surface area contributed by atoms with Crippen molar-refractivity contribution in [2.24, 2.45) is 0 Å². The molecule has 3 aromatic rings. The van der Waals surface area contributed by atoms with Crippen LogP contribution in [-0.2, 0) is 4.79 Å². The first kappa shape index (κ1) is 19.3. The van der Waals surface area contributed by atoms with E-state index >= 15 is 0 Å². The standard InChI is InChI=1S/C22H23N5OS/c28-21(23-18-7-3-1-4-8-18)17-29-22-12-11-20(24-25-22)27-15-13-26(14-16-27)19-9-5-2-6-10-19/h1-12H,13-17H2,(H,23,28). The van der Waals surface area contributed by atoms with E-state index in [2.05, 4.69) is 49.6 Å². The summed E-state index contributed by atoms with van der Waals surface area (Å²) in [6, 6.07) is 23.9. The number of nitrogens with zero attached hydrogens (tertiary/aromatic N) is 4. The molecular weight excluding hydrogens is 382 g/mol. The smallest absolute Gasteiger partial charge is 0.234 e. The molecule has 0 bridgehead atoms. The molecule has 0 saturated carbocycles. The first-order valence-corrected chi connectivity index (χ1v) is 10.6. The van der Waals surface area contributed by atoms with Gasteiger partial charge < -0.3 is 15.1 Å². The molecule has 2 aromatic carbocycles. The Morgan fingerprint density at radius 2 is 1.48 bits per heavy atom. The molecule has 1 aliphatic heterocycles. The van der Waals surface area contributed by atoms with Gasteiger partial charge in [0.2, 0.25) is 5.91 Å². The van der Waals surface area contributed by atoms with Gasteiger partial charge in [-0.05, 0) is 36.4 Å². The summed E-state index contributed by atoms with van der Waals surface area (Å²) in [5, 5.41) is 12.3. The number of thioether (sulfide) groups is 1. The average Bonchev–Trinajstić information content (AvgIpc) is 2.79. The van der Waals surface area contributed by atoms with Crippen molar-refractivity contribution in [3.63, 3.8) is 0 Å². The Hall–Kier alpha value is -3.06. The fraction of sp³-hybridized carbons (Fsp3) is 0.227. The second-order valence-corrected chi connectivity index (χ2v) is 7.74. The Morgan fingerprint density at radius 1 is 0.828 bits per heavy atom. The molecule has 2 heterocycles. The van der Waals surface area contributed by atoms with Gasteiger partial charge in [-0.25, -0.2) is 0 Å². The van der Waals surface area contributed by atoms with Crippen LogP contribution in [0.1, 0.15) is 0 Å². The molecule has 7 heteroatoms. The fourth-order valence-electron chi connectivity index (χ4n) is 3.25. The lowest BCUT2D eigenvalue weighted by Crippen LogP contribution is -2.46. The van der Waals surface area contributed by atoms with Crippen LogP contribution in [0.4, 0.5) is 17.2 Å². The molecule has 1 aliphatic rings. The van der Waals surface area contributed by atoms with Crippen LogP contribution in [0.3, 0.4) is 0 Å². The lowest BCUT2D eigenvalue weighted by atomic mass is 10.2. The van der Waals surface area contributed by atoms with Crippen molar-refractivity contribution in [1.29, 1.82) is 0 Å². The predicted octanol–water partition coefficient (Wildman–Crippen LogP) is 3.53. The molecule has 1 saturated heterocycles. The molecule has 148 valence electrons. The van der Waals surface area contributed by atoms with Gasteiger partial charge in [-0.2, -0.15) is 0 Å². The van der Waals surface area contributed by atoms with E-state index in [1.807, 2.05) is 48.5 Å². The Bertz CT molecular complexity index is 913. The number of benzene rings is 2. The summed E-state index contributed by atoms with van der Waals surface area (Å²) >= 11 is 1.39. The molecule has 0 unspecified atom stereocenters. The van der Waals surface area contributed by atoms with Gasteiger partial charge in [0.05, 0.1) is 5.75 Å². The zero-order valence-corrected chi connectivity index (χ0v) is 16.9. The van der Waals surface area contributed by atoms with Gasteiger partial charge in [0.25, 0.3) is 0 Å². The Balaban J connectivity index is 1.26. The predicted molar refractivity (Wildman–Crippen MR) is 119 cm³/mol. The van der Waals surface area contributed by atoms with Crippen molar-refractivity contribution >= 4 is 34.9 Å². The van der Waals surface area contributed by atoms with Crippen LogP contribution in [0.25, 0.3) is 0 Å². The van der Waals surface area contributed by atoms with Gasteiger partial charge >= 0.3 is 0 Å². The highest BCUT2D eigenvalue weighted by atomic mass is 32.2. The number of piperazine rings is 1. The average molecular weight is 406 g/mol. The third kappa shape index (κ3) is 5.26. The van der Waals surface area contributed by atoms with E-state index in [9.17, 15) is 4.79 Å². The van der Waals surface area contributed by atoms with E-state index < -0.39 is 0 Å². The quantitative estimate of drug-likeness (QED) is 0.633. The molecule has 0 spiro atoms. The number of nitrogens with one attached hydrogen (secondary N) is 1. The molecule has 4 rings (SSSR count). The maximum Gasteiger partial charge on any atom is 0.234 e. The number of hydrogen-bond acceptors (Lipinski definition) is 6. The van der Waals surface area contributed by atoms with E-state index in [1.54, 1.807) is 0 Å². The van der Waals surface area contributed by atoms with Crippen molar-refractivity contribution in [2.45, 2.75) is 5.03 Å². The number of hydrogen-bond donors (Lipinski definition) is 1. The van der Waals surface area contributed by atoms with Crippen LogP contribution >= 0.6 is 11.8 Å². The van der Waals surface area contributed by atoms with Crippen molar-refractivity contribution in [3.8, 4) is 0 Å². The van der Waals surface area contributed by atoms with Gasteiger partial charge in [0.15, 0.2) is 5.82 Å². The molecule has 1 amide bonds. The second kappa shape index (κ2) is 9.43. The summed E-state index contributed by atoms with van der Waals surface area (Å²) in [6.07, 6.45) is 0. The fourth-order valence-corrected chi connectivity index (χ4v) is 3.86. The molecule has 1 aromatic heterocycles. The summed E-state index contributed by atoms with van der Waals surface area (Å²) in [4.78, 5) is 16.7. The summed E-state index contributed by atoms with van der Waals surface area (Å²) < 4.78 is 0. The Kier molecular flexibility index (Phi) is 6.26. The van der Waals surface area contributed by atoms with Crippen LogP contribution in [0.5, 0.6) is 0 Å². The number of para-hydroxylation sites is 2. The van der Waals surface area contributed by atoms with Crippen molar-refractivity contribution in [3.05, 3.63) is 72.8 Å². The highest BCUT2D eigenvalue weighted by Gasteiger charge is 2.18. The number of aromatic nitrogens is 2. The van der Waals surface area contributed by atoms with Gasteiger partial charge in [-0.15, -0.1) is 10.2 Å². The third-order valence-electron chi connectivity index (χ3n) is 4.76. The van der Waals surface area contributed by atoms with Crippen molar-refractivity contribution < 1.29 is 4.79 Å². The minimum atomic E-state index is -0.0517. The summed E-state index contributed by atoms with van der Waals surface area (Å²) in [7, 11) is 0. The highest BCUT2D eigenvalue weighted by Crippen LogP contribution is 2.21. The van der Waals surface area contributed by atoms with Gasteiger partial charge in [-0.3, -0.25) is 4.79 Å². The molecule has 1 fully saturated rings. The number of anilines is 3. The first-order valence-electron chi connectivity index (χ1n) is 9.64. The molecular formula is C22H23N5OS. The SMILES string of the molecule is O=C(CSc1ccc(N2CCN(c3ccccc3)CC2)nn1)Nc1ccccc1. The van der Waals surface area contributed by atoms with Crippen LogP contribution in [0.15, 0.2) is 77.8 Å². The summed E-state index contributed by atoms with van der Waals surface area (Å²) in [5.74, 6) is 1.14. The zero-order valence-electron chi connectivity index (χ0n) is 16.1. The Morgan fingerprint density at radius 3 is 2.14 bits per heavy atom. The van der Waals surface area contributed by atoms with E-state index in [1.165, 1.54) is 17.4 Å². The molecule has 6 nitrogen and oxygen atoms in total. The number of amides is 1. The third-order valence-corrected chi connectivity index (χ3v) is 5.68. The number of rotatable bonds is 6. The largest absolute Gasteiger partial charge is 0.368 e. The lowest BCUT2D eigenvalue weighted by Gasteiger charge is -2.36. The maximum atomic E-state index is 12.1. The minimum absolute atomic E-state index is 0.0517. The van der Waals surface area contributed by atoms with Gasteiger partial charge in [-0.1, -0.05) is 48.2 Å². The van der Waals surface area contributed by atoms with E-state index in [-0.39, 0.29) is 5.91 Å². The highest BCUT2D eigenvalue weighted by molar-refractivity contribution is 7.99. The molecule has 29 heavy (non-hydrogen) atoms. The summed E-state index contributed by atoms with van der Waals surface area (Å²) in [6.45, 7) is 3.74. The van der Waals surface area contributed by atoms with E-state index in [0.29, 0.717) is 5.75 Å². The number of carbonyl (C=O) groups is 1.